The number of nitrogens with one attached hydrogen (secondary N) is 1. The average molecular weight is 335 g/mol. The van der Waals surface area contributed by atoms with E-state index in [9.17, 15) is 4.79 Å². The van der Waals surface area contributed by atoms with Crippen LogP contribution in [0, 0.1) is 6.92 Å². The highest BCUT2D eigenvalue weighted by Gasteiger charge is 2.07. The highest BCUT2D eigenvalue weighted by molar-refractivity contribution is 7.09. The zero-order valence-corrected chi connectivity index (χ0v) is 13.3. The molecule has 0 unspecified atom stereocenters. The fourth-order valence-corrected chi connectivity index (χ4v) is 2.18. The number of amides is 1. The van der Waals surface area contributed by atoms with Crippen LogP contribution < -0.4 is 11.1 Å². The van der Waals surface area contributed by atoms with Crippen molar-refractivity contribution in [1.82, 2.24) is 15.3 Å². The minimum atomic E-state index is -0.139. The molecule has 0 radical (unpaired) electrons. The third kappa shape index (κ3) is 5.05. The lowest BCUT2D eigenvalue weighted by Gasteiger charge is -2.04. The normalized spacial score (nSPS) is 9.30. The van der Waals surface area contributed by atoms with Crippen LogP contribution in [0.4, 0.5) is 0 Å². The topological polar surface area (TPSA) is 80.9 Å². The average Bonchev–Trinajstić information content (AvgIpc) is 2.82. The lowest BCUT2D eigenvalue weighted by atomic mass is 10.2. The molecule has 2 aromatic rings. The number of pyridine rings is 1. The Labute approximate surface area is 133 Å². The quantitative estimate of drug-likeness (QED) is 0.896. The number of carbonyl (C=O) groups excluding carboxylic acids is 1. The van der Waals surface area contributed by atoms with Gasteiger partial charge in [0.25, 0.3) is 5.91 Å². The smallest absolute Gasteiger partial charge is 0.251 e. The van der Waals surface area contributed by atoms with Gasteiger partial charge in [0.15, 0.2) is 0 Å². The number of aromatic nitrogens is 2. The number of halogens is 2. The largest absolute Gasteiger partial charge is 0.346 e. The third-order valence-corrected chi connectivity index (χ3v) is 3.32. The summed E-state index contributed by atoms with van der Waals surface area (Å²) in [4.78, 5) is 20.2. The molecule has 5 nitrogen and oxygen atoms in total. The predicted molar refractivity (Wildman–Crippen MR) is 84.6 cm³/mol. The Morgan fingerprint density at radius 1 is 1.45 bits per heavy atom. The summed E-state index contributed by atoms with van der Waals surface area (Å²) in [6, 6.07) is 3.37. The SMILES string of the molecule is Cc1csc(CNC(=O)c2ccnc(CN)c2)n1.Cl.Cl. The van der Waals surface area contributed by atoms with Crippen molar-refractivity contribution in [3.63, 3.8) is 0 Å². The van der Waals surface area contributed by atoms with E-state index in [1.165, 1.54) is 11.3 Å². The van der Waals surface area contributed by atoms with Crippen molar-refractivity contribution in [3.05, 3.63) is 45.7 Å². The Morgan fingerprint density at radius 3 is 2.80 bits per heavy atom. The predicted octanol–water partition coefficient (Wildman–Crippen LogP) is 2.08. The van der Waals surface area contributed by atoms with E-state index in [4.69, 9.17) is 5.73 Å². The zero-order valence-electron chi connectivity index (χ0n) is 10.8. The van der Waals surface area contributed by atoms with E-state index in [1.807, 2.05) is 12.3 Å². The number of thiazole rings is 1. The monoisotopic (exact) mass is 334 g/mol. The Balaban J connectivity index is 0.00000180. The van der Waals surface area contributed by atoms with E-state index in [0.717, 1.165) is 10.7 Å². The van der Waals surface area contributed by atoms with Gasteiger partial charge in [-0.1, -0.05) is 0 Å². The summed E-state index contributed by atoms with van der Waals surface area (Å²) in [5.74, 6) is -0.139. The summed E-state index contributed by atoms with van der Waals surface area (Å²) < 4.78 is 0. The summed E-state index contributed by atoms with van der Waals surface area (Å²) in [5, 5.41) is 5.68. The van der Waals surface area contributed by atoms with Gasteiger partial charge in [-0.15, -0.1) is 36.2 Å². The van der Waals surface area contributed by atoms with Crippen LogP contribution in [-0.2, 0) is 13.1 Å². The van der Waals surface area contributed by atoms with Crippen LogP contribution in [-0.4, -0.2) is 15.9 Å². The van der Waals surface area contributed by atoms with Gasteiger partial charge in [-0.3, -0.25) is 9.78 Å². The van der Waals surface area contributed by atoms with Crippen LogP contribution in [0.3, 0.4) is 0 Å². The Hall–Kier alpha value is -1.21. The minimum Gasteiger partial charge on any atom is -0.346 e. The Kier molecular flexibility index (Phi) is 8.33. The lowest BCUT2D eigenvalue weighted by molar-refractivity contribution is 0.0950. The minimum absolute atomic E-state index is 0. The van der Waals surface area contributed by atoms with Crippen molar-refractivity contribution in [2.24, 2.45) is 5.73 Å². The third-order valence-electron chi connectivity index (χ3n) is 2.35. The molecule has 0 fully saturated rings. The maximum atomic E-state index is 11.9. The highest BCUT2D eigenvalue weighted by atomic mass is 35.5. The molecule has 0 atom stereocenters. The molecular formula is C12H16Cl2N4OS. The number of nitrogens with zero attached hydrogens (tertiary/aromatic N) is 2. The first kappa shape index (κ1) is 18.8. The molecule has 110 valence electrons. The second-order valence-corrected chi connectivity index (χ2v) is 4.75. The molecule has 0 aliphatic carbocycles. The number of hydrogen-bond acceptors (Lipinski definition) is 5. The molecule has 0 saturated carbocycles. The van der Waals surface area contributed by atoms with Crippen LogP contribution in [0.1, 0.15) is 26.8 Å². The molecule has 2 rings (SSSR count). The molecular weight excluding hydrogens is 319 g/mol. The van der Waals surface area contributed by atoms with Gasteiger partial charge < -0.3 is 11.1 Å². The fourth-order valence-electron chi connectivity index (χ4n) is 1.47. The first-order valence-corrected chi connectivity index (χ1v) is 6.41. The summed E-state index contributed by atoms with van der Waals surface area (Å²) in [6.07, 6.45) is 1.59. The Bertz CT molecular complexity index is 562. The molecule has 0 spiro atoms. The van der Waals surface area contributed by atoms with E-state index >= 15 is 0 Å². The summed E-state index contributed by atoms with van der Waals surface area (Å²) in [7, 11) is 0. The van der Waals surface area contributed by atoms with E-state index < -0.39 is 0 Å². The van der Waals surface area contributed by atoms with Gasteiger partial charge in [0.2, 0.25) is 0 Å². The first-order valence-electron chi connectivity index (χ1n) is 5.53. The van der Waals surface area contributed by atoms with Crippen molar-refractivity contribution in [2.75, 3.05) is 0 Å². The van der Waals surface area contributed by atoms with Crippen LogP contribution in [0.2, 0.25) is 0 Å². The molecule has 0 aliphatic heterocycles. The summed E-state index contributed by atoms with van der Waals surface area (Å²) in [5.41, 5.74) is 7.72. The van der Waals surface area contributed by atoms with Crippen molar-refractivity contribution in [3.8, 4) is 0 Å². The number of carbonyl (C=O) groups is 1. The van der Waals surface area contributed by atoms with Crippen molar-refractivity contribution in [2.45, 2.75) is 20.0 Å². The maximum Gasteiger partial charge on any atom is 0.251 e. The van der Waals surface area contributed by atoms with Crippen LogP contribution in [0.5, 0.6) is 0 Å². The van der Waals surface area contributed by atoms with Gasteiger partial charge in [0.1, 0.15) is 5.01 Å². The van der Waals surface area contributed by atoms with Crippen LogP contribution in [0.25, 0.3) is 0 Å². The lowest BCUT2D eigenvalue weighted by Crippen LogP contribution is -2.23. The van der Waals surface area contributed by atoms with Gasteiger partial charge in [-0.25, -0.2) is 4.98 Å². The van der Waals surface area contributed by atoms with E-state index in [1.54, 1.807) is 18.3 Å². The second-order valence-electron chi connectivity index (χ2n) is 3.81. The fraction of sp³-hybridized carbons (Fsp3) is 0.250. The number of hydrogen-bond donors (Lipinski definition) is 2. The first-order chi connectivity index (χ1) is 8.69. The van der Waals surface area contributed by atoms with E-state index in [-0.39, 0.29) is 30.7 Å². The number of aryl methyl sites for hydroxylation is 1. The standard InChI is InChI=1S/C12H14N4OS.2ClH/c1-8-7-18-11(16-8)6-15-12(17)9-2-3-14-10(4-9)5-13;;/h2-4,7H,5-6,13H2,1H3,(H,15,17);2*1H. The molecule has 2 heterocycles. The molecule has 0 aromatic carbocycles. The van der Waals surface area contributed by atoms with E-state index in [0.29, 0.717) is 24.3 Å². The van der Waals surface area contributed by atoms with Gasteiger partial charge in [-0.2, -0.15) is 0 Å². The van der Waals surface area contributed by atoms with E-state index in [2.05, 4.69) is 15.3 Å². The zero-order chi connectivity index (χ0) is 13.0. The van der Waals surface area contributed by atoms with Gasteiger partial charge in [0, 0.05) is 29.4 Å². The Morgan fingerprint density at radius 2 is 2.20 bits per heavy atom. The van der Waals surface area contributed by atoms with Crippen molar-refractivity contribution < 1.29 is 4.79 Å². The van der Waals surface area contributed by atoms with Gasteiger partial charge in [0.05, 0.1) is 12.2 Å². The molecule has 2 aromatic heterocycles. The van der Waals surface area contributed by atoms with Crippen LogP contribution >= 0.6 is 36.2 Å². The molecule has 8 heteroatoms. The second kappa shape index (κ2) is 8.86. The molecule has 1 amide bonds. The number of rotatable bonds is 4. The van der Waals surface area contributed by atoms with Crippen molar-refractivity contribution in [1.29, 1.82) is 0 Å². The van der Waals surface area contributed by atoms with Crippen molar-refractivity contribution >= 4 is 42.1 Å². The van der Waals surface area contributed by atoms with Crippen LogP contribution in [0.15, 0.2) is 23.7 Å². The highest BCUT2D eigenvalue weighted by Crippen LogP contribution is 2.08. The molecule has 0 aliphatic rings. The van der Waals surface area contributed by atoms with Gasteiger partial charge >= 0.3 is 0 Å². The molecule has 3 N–H and O–H groups in total. The maximum absolute atomic E-state index is 11.9. The molecule has 0 bridgehead atoms. The summed E-state index contributed by atoms with van der Waals surface area (Å²) in [6.45, 7) is 2.70. The number of nitrogens with two attached hydrogens (primary N) is 1. The molecule has 20 heavy (non-hydrogen) atoms. The van der Waals surface area contributed by atoms with Gasteiger partial charge in [-0.05, 0) is 19.1 Å². The molecule has 0 saturated heterocycles. The summed E-state index contributed by atoms with van der Waals surface area (Å²) >= 11 is 1.54.